The van der Waals surface area contributed by atoms with E-state index in [1.807, 2.05) is 0 Å². The lowest BCUT2D eigenvalue weighted by molar-refractivity contribution is -0.120. The van der Waals surface area contributed by atoms with Crippen molar-refractivity contribution in [2.24, 2.45) is 10.7 Å². The number of halogens is 10. The molecule has 3 aliphatic carbocycles. The normalized spacial score (nSPS) is 19.4. The van der Waals surface area contributed by atoms with Crippen molar-refractivity contribution in [2.45, 2.75) is 112 Å². The number of hydrogen-bond acceptors (Lipinski definition) is 9. The summed E-state index contributed by atoms with van der Waals surface area (Å²) in [6.45, 7) is 2.35. The number of pyridine rings is 1. The number of amides is 1. The van der Waals surface area contributed by atoms with E-state index in [-0.39, 0.29) is 49.8 Å². The molecule has 0 aliphatic heterocycles. The Morgan fingerprint density at radius 3 is 2.33 bits per heavy atom. The van der Waals surface area contributed by atoms with Crippen LogP contribution in [0.15, 0.2) is 58.7 Å². The van der Waals surface area contributed by atoms with E-state index in [0.717, 1.165) is 16.8 Å². The number of benzene rings is 2. The van der Waals surface area contributed by atoms with Gasteiger partial charge in [0.15, 0.2) is 9.84 Å². The average molecular weight is 990 g/mol. The van der Waals surface area contributed by atoms with Crippen LogP contribution in [0.25, 0.3) is 22.0 Å². The van der Waals surface area contributed by atoms with E-state index in [2.05, 4.69) is 37.0 Å². The topological polar surface area (TPSA) is 167 Å². The Balaban J connectivity index is 1.41. The van der Waals surface area contributed by atoms with Crippen molar-refractivity contribution >= 4 is 61.1 Å². The van der Waals surface area contributed by atoms with E-state index in [4.69, 9.17) is 17.3 Å². The molecular formula is C43H41ClF9N7O4S2. The zero-order valence-electron chi connectivity index (χ0n) is 35.2. The van der Waals surface area contributed by atoms with Gasteiger partial charge in [-0.2, -0.15) is 26.7 Å². The SMILES string of the molecule is CC1([S+]([O-])Nc2nn(CC(F)F)c3c(-c4ccc(C#CC(C)(C)S(=O)(=O)C5CC5)nc4[C@H](Cc4cc(F)cc(F)c4)NC(=O)CN=C4C(=C(N)C(F)(F)F)CCC4(F)F)ccc(Cl)c23)CC1. The highest BCUT2D eigenvalue weighted by atomic mass is 35.5. The highest BCUT2D eigenvalue weighted by Crippen LogP contribution is 2.46. The van der Waals surface area contributed by atoms with Crippen molar-refractivity contribution in [3.05, 3.63) is 87.3 Å². The summed E-state index contributed by atoms with van der Waals surface area (Å²) >= 11 is 4.95. The predicted octanol–water partition coefficient (Wildman–Crippen LogP) is 8.68. The van der Waals surface area contributed by atoms with Gasteiger partial charge in [0.2, 0.25) is 11.7 Å². The highest BCUT2D eigenvalue weighted by molar-refractivity contribution is 7.94. The molecule has 0 bridgehead atoms. The number of rotatable bonds is 14. The zero-order valence-corrected chi connectivity index (χ0v) is 37.6. The molecule has 3 fully saturated rings. The Kier molecular flexibility index (Phi) is 13.3. The molecule has 0 radical (unpaired) electrons. The first-order valence-electron chi connectivity index (χ1n) is 20.4. The molecule has 1 amide bonds. The molecule has 354 valence electrons. The molecule has 23 heteroatoms. The third-order valence-electron chi connectivity index (χ3n) is 11.5. The predicted molar refractivity (Wildman–Crippen MR) is 231 cm³/mol. The molecule has 4 aromatic rings. The molecule has 7 rings (SSSR count). The molecule has 2 aromatic carbocycles. The smallest absolute Gasteiger partial charge is 0.431 e. The van der Waals surface area contributed by atoms with E-state index < -0.39 is 127 Å². The number of nitrogens with two attached hydrogens (primary N) is 1. The van der Waals surface area contributed by atoms with Crippen LogP contribution in [0.3, 0.4) is 0 Å². The van der Waals surface area contributed by atoms with Crippen molar-refractivity contribution in [3.63, 3.8) is 0 Å². The monoisotopic (exact) mass is 989 g/mol. The van der Waals surface area contributed by atoms with Gasteiger partial charge < -0.3 is 15.6 Å². The standard InChI is InChI=1S/C43H41ClF9N7O4S2/c1-40(2,66(63,64)26-5-6-26)12-10-25-4-7-27(28-8-9-30(44)34-36(28)60(21-32(47)48)58-39(34)59-65(62)41(3)14-15-41)35(56-25)31(18-22-16-23(45)19-24(46)17-22)57-33(61)20-55-38-29(11-13-42(38,49)50)37(54)43(51,52)53/h4,7-9,16-17,19,26,31-32H,5-6,11,13-15,18,20-21,54H2,1-3H3,(H,57,61)(H,58,59)/t31-,65?/m0/s1. The maximum absolute atomic E-state index is 15.0. The van der Waals surface area contributed by atoms with E-state index in [1.165, 1.54) is 38.1 Å². The fraction of sp³-hybridized carbons (Fsp3) is 0.442. The summed E-state index contributed by atoms with van der Waals surface area (Å²) in [5.74, 6) is -1.79. The van der Waals surface area contributed by atoms with Crippen LogP contribution in [-0.4, -0.2) is 79.2 Å². The molecule has 2 heterocycles. The molecule has 1 unspecified atom stereocenters. The summed E-state index contributed by atoms with van der Waals surface area (Å²) in [5.41, 5.74) is 0.711. The van der Waals surface area contributed by atoms with Crippen LogP contribution in [0, 0.1) is 23.5 Å². The number of carbonyl (C=O) groups excluding carboxylic acids is 1. The number of carbonyl (C=O) groups is 1. The van der Waals surface area contributed by atoms with Crippen LogP contribution >= 0.6 is 11.6 Å². The van der Waals surface area contributed by atoms with Crippen molar-refractivity contribution < 1.29 is 57.3 Å². The van der Waals surface area contributed by atoms with E-state index in [9.17, 15) is 57.3 Å². The van der Waals surface area contributed by atoms with Crippen LogP contribution in [-0.2, 0) is 39.0 Å². The van der Waals surface area contributed by atoms with Gasteiger partial charge in [-0.05, 0) is 88.3 Å². The fourth-order valence-electron chi connectivity index (χ4n) is 7.48. The first-order chi connectivity index (χ1) is 30.7. The Labute approximate surface area is 381 Å². The van der Waals surface area contributed by atoms with E-state index >= 15 is 0 Å². The fourth-order valence-corrected chi connectivity index (χ4v) is 10.5. The van der Waals surface area contributed by atoms with Crippen LogP contribution in [0.4, 0.5) is 45.3 Å². The summed E-state index contributed by atoms with van der Waals surface area (Å²) in [6, 6.07) is 6.41. The number of aliphatic imine (C=N–C) groups is 1. The minimum absolute atomic E-state index is 0.00620. The van der Waals surface area contributed by atoms with Crippen molar-refractivity contribution in [2.75, 3.05) is 11.3 Å². The van der Waals surface area contributed by atoms with Gasteiger partial charge in [-0.25, -0.2) is 31.0 Å². The van der Waals surface area contributed by atoms with Crippen LogP contribution in [0.2, 0.25) is 5.02 Å². The third kappa shape index (κ3) is 10.3. The Morgan fingerprint density at radius 1 is 1.08 bits per heavy atom. The summed E-state index contributed by atoms with van der Waals surface area (Å²) in [7, 11) is -3.75. The van der Waals surface area contributed by atoms with Gasteiger partial charge >= 0.3 is 6.18 Å². The Morgan fingerprint density at radius 2 is 1.73 bits per heavy atom. The second-order valence-electron chi connectivity index (χ2n) is 17.1. The summed E-state index contributed by atoms with van der Waals surface area (Å²) in [5, 5.41) is 6.31. The molecule has 11 nitrogen and oxygen atoms in total. The quantitative estimate of drug-likeness (QED) is 0.0641. The van der Waals surface area contributed by atoms with Crippen LogP contribution in [0.5, 0.6) is 0 Å². The maximum atomic E-state index is 15.0. The van der Waals surface area contributed by atoms with Gasteiger partial charge in [-0.3, -0.25) is 14.5 Å². The number of nitrogens with zero attached hydrogens (tertiary/aromatic N) is 4. The highest BCUT2D eigenvalue weighted by Gasteiger charge is 2.51. The van der Waals surface area contributed by atoms with Crippen LogP contribution < -0.4 is 15.8 Å². The lowest BCUT2D eigenvalue weighted by Crippen LogP contribution is -2.34. The Bertz CT molecular complexity index is 2810. The summed E-state index contributed by atoms with van der Waals surface area (Å²) in [4.78, 5) is 22.1. The number of allylic oxidation sites excluding steroid dienone is 2. The van der Waals surface area contributed by atoms with Gasteiger partial charge in [0.05, 0.1) is 44.3 Å². The Hall–Kier alpha value is -4.98. The second kappa shape index (κ2) is 17.9. The number of alkyl halides is 7. The number of nitrogens with one attached hydrogen (secondary N) is 2. The van der Waals surface area contributed by atoms with Crippen molar-refractivity contribution in [1.29, 1.82) is 0 Å². The summed E-state index contributed by atoms with van der Waals surface area (Å²) in [6.07, 6.45) is -8.46. The number of fused-ring (bicyclic) bond motifs is 1. The van der Waals surface area contributed by atoms with Gasteiger partial charge in [0.25, 0.3) is 12.3 Å². The van der Waals surface area contributed by atoms with Gasteiger partial charge in [0.1, 0.15) is 51.3 Å². The zero-order chi connectivity index (χ0) is 48.3. The number of anilines is 1. The summed E-state index contributed by atoms with van der Waals surface area (Å²) < 4.78 is 170. The first kappa shape index (κ1) is 48.9. The van der Waals surface area contributed by atoms with Gasteiger partial charge in [0, 0.05) is 42.0 Å². The van der Waals surface area contributed by atoms with Crippen molar-refractivity contribution in [1.82, 2.24) is 20.1 Å². The lowest BCUT2D eigenvalue weighted by atomic mass is 9.93. The molecule has 3 saturated carbocycles. The van der Waals surface area contributed by atoms with Gasteiger partial charge in [-0.1, -0.05) is 23.6 Å². The number of sulfone groups is 1. The average Bonchev–Trinajstić information content (AvgIpc) is 4.15. The number of aromatic nitrogens is 3. The van der Waals surface area contributed by atoms with E-state index in [1.54, 1.807) is 6.92 Å². The second-order valence-corrected chi connectivity index (χ2v) is 22.0. The third-order valence-corrected chi connectivity index (χ3v) is 16.4. The number of hydrogen-bond donors (Lipinski definition) is 3. The molecule has 2 atom stereocenters. The van der Waals surface area contributed by atoms with Crippen LogP contribution in [0.1, 0.15) is 82.3 Å². The maximum Gasteiger partial charge on any atom is 0.431 e. The van der Waals surface area contributed by atoms with Crippen molar-refractivity contribution in [3.8, 4) is 23.0 Å². The van der Waals surface area contributed by atoms with Gasteiger partial charge in [-0.15, -0.1) is 5.10 Å². The minimum Gasteiger partial charge on any atom is -0.593 e. The largest absolute Gasteiger partial charge is 0.593 e. The van der Waals surface area contributed by atoms with E-state index in [0.29, 0.717) is 31.7 Å². The molecule has 0 saturated heterocycles. The lowest BCUT2D eigenvalue weighted by Gasteiger charge is -2.23. The molecule has 3 aliphatic rings. The minimum atomic E-state index is -5.20. The molecule has 2 aromatic heterocycles. The molecule has 4 N–H and O–H groups in total. The first-order valence-corrected chi connectivity index (χ1v) is 23.4. The molecule has 66 heavy (non-hydrogen) atoms. The molecule has 0 spiro atoms. The molecular weight excluding hydrogens is 949 g/mol.